The van der Waals surface area contributed by atoms with Crippen LogP contribution in [0.4, 0.5) is 0 Å². The van der Waals surface area contributed by atoms with E-state index in [-0.39, 0.29) is 19.1 Å². The summed E-state index contributed by atoms with van der Waals surface area (Å²) in [5, 5.41) is 10.3. The van der Waals surface area contributed by atoms with Gasteiger partial charge in [0.15, 0.2) is 6.61 Å². The van der Waals surface area contributed by atoms with Crippen LogP contribution >= 0.6 is 0 Å². The Kier molecular flexibility index (Phi) is 13.5. The number of hydrogen-bond acceptors (Lipinski definition) is 9. The van der Waals surface area contributed by atoms with Gasteiger partial charge in [-0.2, -0.15) is 0 Å². The Bertz CT molecular complexity index is 1080. The molecule has 0 saturated carbocycles. The second-order valence-electron chi connectivity index (χ2n) is 10.9. The number of nitrogens with zero attached hydrogens (tertiary/aromatic N) is 2. The summed E-state index contributed by atoms with van der Waals surface area (Å²) >= 11 is 0. The van der Waals surface area contributed by atoms with Crippen molar-refractivity contribution in [1.82, 2.24) is 9.80 Å². The van der Waals surface area contributed by atoms with Gasteiger partial charge in [0, 0.05) is 70.2 Å². The second kappa shape index (κ2) is 16.1. The summed E-state index contributed by atoms with van der Waals surface area (Å²) in [5.41, 5.74) is 4.92. The number of ether oxygens (including phenoxy) is 6. The van der Waals surface area contributed by atoms with Crippen molar-refractivity contribution in [1.29, 1.82) is 0 Å². The van der Waals surface area contributed by atoms with Gasteiger partial charge in [-0.1, -0.05) is 13.8 Å². The van der Waals surface area contributed by atoms with Gasteiger partial charge in [0.25, 0.3) is 5.91 Å². The Hall–Kier alpha value is -2.73. The molecule has 10 heteroatoms. The van der Waals surface area contributed by atoms with Gasteiger partial charge in [0.05, 0.1) is 26.4 Å². The van der Waals surface area contributed by atoms with E-state index in [0.29, 0.717) is 37.9 Å². The lowest BCUT2D eigenvalue weighted by Crippen LogP contribution is -2.33. The molecule has 1 N–H and O–H groups in total. The summed E-state index contributed by atoms with van der Waals surface area (Å²) in [6.45, 7) is 5.55. The first-order valence-electron chi connectivity index (χ1n) is 13.5. The number of amides is 1. The minimum absolute atomic E-state index is 0.0894. The van der Waals surface area contributed by atoms with Crippen molar-refractivity contribution in [2.75, 3.05) is 69.8 Å². The Morgan fingerprint density at radius 2 is 1.10 bits per heavy atom. The van der Waals surface area contributed by atoms with E-state index in [1.807, 2.05) is 0 Å². The van der Waals surface area contributed by atoms with Gasteiger partial charge in [-0.3, -0.25) is 9.69 Å². The molecule has 41 heavy (non-hydrogen) atoms. The van der Waals surface area contributed by atoms with E-state index in [1.54, 1.807) is 61.5 Å². The lowest BCUT2D eigenvalue weighted by Gasteiger charge is -2.30. The predicted octanol–water partition coefficient (Wildman–Crippen LogP) is 3.32. The van der Waals surface area contributed by atoms with Crippen molar-refractivity contribution < 1.29 is 38.3 Å². The zero-order valence-corrected chi connectivity index (χ0v) is 26.3. The SMILES string of the molecule is COCc1cc(C(C)(C)c2cc(COC)c(OCC(O)N(C)C)c(COC)c2)cc(COC)c1OCC(=O)N(C)C. The number of carbonyl (C=O) groups is 1. The molecule has 230 valence electrons. The first kappa shape index (κ1) is 34.5. The molecular weight excluding hydrogens is 528 g/mol. The van der Waals surface area contributed by atoms with Crippen LogP contribution in [-0.4, -0.2) is 96.9 Å². The van der Waals surface area contributed by atoms with Crippen molar-refractivity contribution in [3.8, 4) is 11.5 Å². The van der Waals surface area contributed by atoms with Gasteiger partial charge >= 0.3 is 0 Å². The van der Waals surface area contributed by atoms with Crippen molar-refractivity contribution >= 4 is 5.91 Å². The third kappa shape index (κ3) is 9.13. The fourth-order valence-electron chi connectivity index (χ4n) is 4.39. The maximum Gasteiger partial charge on any atom is 0.259 e. The highest BCUT2D eigenvalue weighted by Crippen LogP contribution is 2.40. The van der Waals surface area contributed by atoms with Crippen molar-refractivity contribution in [2.45, 2.75) is 51.9 Å². The molecule has 0 aliphatic carbocycles. The second-order valence-corrected chi connectivity index (χ2v) is 10.9. The minimum atomic E-state index is -0.760. The molecule has 0 bridgehead atoms. The van der Waals surface area contributed by atoms with Crippen LogP contribution in [0.15, 0.2) is 24.3 Å². The zero-order valence-electron chi connectivity index (χ0n) is 26.3. The smallest absolute Gasteiger partial charge is 0.259 e. The molecule has 0 heterocycles. The molecule has 1 amide bonds. The average molecular weight is 577 g/mol. The van der Waals surface area contributed by atoms with Gasteiger partial charge in [-0.15, -0.1) is 0 Å². The maximum atomic E-state index is 12.3. The van der Waals surface area contributed by atoms with Crippen LogP contribution in [0.25, 0.3) is 0 Å². The quantitative estimate of drug-likeness (QED) is 0.284. The molecule has 0 saturated heterocycles. The number of carbonyl (C=O) groups excluding carboxylic acids is 1. The normalized spacial score (nSPS) is 12.5. The summed E-state index contributed by atoms with van der Waals surface area (Å²) in [6.07, 6.45) is -0.760. The monoisotopic (exact) mass is 576 g/mol. The van der Waals surface area contributed by atoms with E-state index in [1.165, 1.54) is 4.90 Å². The van der Waals surface area contributed by atoms with Crippen molar-refractivity contribution in [2.24, 2.45) is 0 Å². The summed E-state index contributed by atoms with van der Waals surface area (Å²) < 4.78 is 34.3. The van der Waals surface area contributed by atoms with E-state index >= 15 is 0 Å². The molecular formula is C31H48N2O8. The van der Waals surface area contributed by atoms with Crippen LogP contribution < -0.4 is 9.47 Å². The third-order valence-electron chi connectivity index (χ3n) is 6.94. The van der Waals surface area contributed by atoms with Gasteiger partial charge in [-0.25, -0.2) is 0 Å². The van der Waals surface area contributed by atoms with E-state index < -0.39 is 11.6 Å². The van der Waals surface area contributed by atoms with Crippen LogP contribution in [0.1, 0.15) is 47.2 Å². The maximum absolute atomic E-state index is 12.3. The Balaban J connectivity index is 2.65. The van der Waals surface area contributed by atoms with Crippen LogP contribution in [0.3, 0.4) is 0 Å². The molecule has 0 fully saturated rings. The number of likely N-dealkylation sites (N-methyl/N-ethyl adjacent to an activating group) is 2. The number of aliphatic hydroxyl groups is 1. The summed E-state index contributed by atoms with van der Waals surface area (Å²) in [4.78, 5) is 15.4. The predicted molar refractivity (Wildman–Crippen MR) is 157 cm³/mol. The fourth-order valence-corrected chi connectivity index (χ4v) is 4.39. The zero-order chi connectivity index (χ0) is 30.7. The molecule has 2 aromatic rings. The number of methoxy groups -OCH3 is 4. The van der Waals surface area contributed by atoms with E-state index in [2.05, 4.69) is 38.1 Å². The van der Waals surface area contributed by atoms with Gasteiger partial charge in [0.2, 0.25) is 0 Å². The van der Waals surface area contributed by atoms with Crippen LogP contribution in [-0.2, 0) is 55.6 Å². The molecule has 2 aromatic carbocycles. The lowest BCUT2D eigenvalue weighted by atomic mass is 9.76. The van der Waals surface area contributed by atoms with Gasteiger partial charge in [0.1, 0.15) is 24.3 Å². The molecule has 1 atom stereocenters. The van der Waals surface area contributed by atoms with Crippen LogP contribution in [0.2, 0.25) is 0 Å². The highest BCUT2D eigenvalue weighted by molar-refractivity contribution is 5.77. The molecule has 0 aliphatic rings. The number of rotatable bonds is 17. The molecule has 0 spiro atoms. The lowest BCUT2D eigenvalue weighted by molar-refractivity contribution is -0.130. The summed E-state index contributed by atoms with van der Waals surface area (Å²) in [6, 6.07) is 8.27. The summed E-state index contributed by atoms with van der Waals surface area (Å²) in [7, 11) is 13.5. The molecule has 0 aromatic heterocycles. The molecule has 1 unspecified atom stereocenters. The first-order chi connectivity index (χ1) is 19.4. The number of benzene rings is 2. The van der Waals surface area contributed by atoms with Crippen molar-refractivity contribution in [3.05, 3.63) is 57.6 Å². The Morgan fingerprint density at radius 1 is 0.732 bits per heavy atom. The standard InChI is InChI=1S/C31H48N2O8/c1-31(2,25-11-21(15-36-7)29(22(12-25)16-37-8)40-19-27(34)32(3)4)26-13-23(17-38-9)30(24(14-26)18-39-10)41-20-28(35)33(5)6/h11-14,27,34H,15-20H2,1-10H3. The van der Waals surface area contributed by atoms with Gasteiger partial charge in [-0.05, 0) is 49.5 Å². The average Bonchev–Trinajstić information content (AvgIpc) is 2.91. The minimum Gasteiger partial charge on any atom is -0.489 e. The largest absolute Gasteiger partial charge is 0.489 e. The molecule has 0 radical (unpaired) electrons. The topological polar surface area (TPSA) is 99.2 Å². The fraction of sp³-hybridized carbons (Fsp3) is 0.581. The third-order valence-corrected chi connectivity index (χ3v) is 6.94. The van der Waals surface area contributed by atoms with E-state index in [4.69, 9.17) is 28.4 Å². The number of aliphatic hydroxyl groups excluding tert-OH is 1. The van der Waals surface area contributed by atoms with E-state index in [9.17, 15) is 9.90 Å². The first-order valence-corrected chi connectivity index (χ1v) is 13.5. The molecule has 0 aliphatic heterocycles. The Labute approximate surface area is 245 Å². The van der Waals surface area contributed by atoms with Crippen LogP contribution in [0, 0.1) is 0 Å². The highest BCUT2D eigenvalue weighted by atomic mass is 16.5. The van der Waals surface area contributed by atoms with Crippen LogP contribution in [0.5, 0.6) is 11.5 Å². The molecule has 2 rings (SSSR count). The number of hydrogen-bond donors (Lipinski definition) is 1. The molecule has 10 nitrogen and oxygen atoms in total. The van der Waals surface area contributed by atoms with Crippen molar-refractivity contribution in [3.63, 3.8) is 0 Å². The van der Waals surface area contributed by atoms with E-state index in [0.717, 1.165) is 33.4 Å². The van der Waals surface area contributed by atoms with Gasteiger partial charge < -0.3 is 38.4 Å². The summed E-state index contributed by atoms with van der Waals surface area (Å²) in [5.74, 6) is 1.09. The highest BCUT2D eigenvalue weighted by Gasteiger charge is 2.29. The Morgan fingerprint density at radius 3 is 1.41 bits per heavy atom.